The maximum Gasteiger partial charge on any atom is 0.471 e. The van der Waals surface area contributed by atoms with Crippen molar-refractivity contribution in [2.75, 3.05) is 11.5 Å². The van der Waals surface area contributed by atoms with Gasteiger partial charge in [0.15, 0.2) is 0 Å². The van der Waals surface area contributed by atoms with Crippen molar-refractivity contribution >= 4 is 22.6 Å². The smallest absolute Gasteiger partial charge is 0.471 e. The van der Waals surface area contributed by atoms with E-state index in [1.165, 1.54) is 0 Å². The second-order valence-corrected chi connectivity index (χ2v) is 9.03. The number of nitrogens with zero attached hydrogens (tertiary/aromatic N) is 3. The van der Waals surface area contributed by atoms with Gasteiger partial charge in [0.1, 0.15) is 23.4 Å². The summed E-state index contributed by atoms with van der Waals surface area (Å²) >= 11 is 0. The SMILES string of the molecule is O=C1N(Cc2ccc(-c3noc(C(F)(F)F)n3)cc2)c2ccccc2C12COc1cc3occc3cc12. The molecule has 0 saturated heterocycles. The molecule has 7 rings (SSSR count). The number of aromatic nitrogens is 2. The predicted octanol–water partition coefficient (Wildman–Crippen LogP) is 5.73. The van der Waals surface area contributed by atoms with Crippen LogP contribution in [0.1, 0.15) is 22.6 Å². The van der Waals surface area contributed by atoms with E-state index in [1.54, 1.807) is 35.4 Å². The van der Waals surface area contributed by atoms with Gasteiger partial charge >= 0.3 is 12.1 Å². The van der Waals surface area contributed by atoms with Gasteiger partial charge in [-0.05, 0) is 29.3 Å². The largest absolute Gasteiger partial charge is 0.491 e. The number of amides is 1. The van der Waals surface area contributed by atoms with Crippen LogP contribution in [0.5, 0.6) is 5.75 Å². The number of furan rings is 1. The zero-order valence-corrected chi connectivity index (χ0v) is 19.0. The van der Waals surface area contributed by atoms with Gasteiger partial charge in [-0.25, -0.2) is 0 Å². The van der Waals surface area contributed by atoms with Gasteiger partial charge in [0.2, 0.25) is 11.7 Å². The molecule has 0 fully saturated rings. The Bertz CT molecular complexity index is 1690. The van der Waals surface area contributed by atoms with Crippen molar-refractivity contribution in [3.8, 4) is 17.1 Å². The van der Waals surface area contributed by atoms with Crippen molar-refractivity contribution in [1.82, 2.24) is 10.1 Å². The molecule has 7 nitrogen and oxygen atoms in total. The fourth-order valence-corrected chi connectivity index (χ4v) is 5.19. The molecule has 0 saturated carbocycles. The second-order valence-electron chi connectivity index (χ2n) is 9.03. The molecule has 1 spiro atoms. The first-order chi connectivity index (χ1) is 17.8. The van der Waals surface area contributed by atoms with Crippen LogP contribution in [0.4, 0.5) is 18.9 Å². The zero-order valence-electron chi connectivity index (χ0n) is 19.0. The molecule has 184 valence electrons. The molecule has 0 N–H and O–H groups in total. The lowest BCUT2D eigenvalue weighted by molar-refractivity contribution is -0.159. The van der Waals surface area contributed by atoms with Gasteiger partial charge in [0, 0.05) is 28.3 Å². The van der Waals surface area contributed by atoms with Crippen molar-refractivity contribution in [2.24, 2.45) is 0 Å². The lowest BCUT2D eigenvalue weighted by Crippen LogP contribution is -2.42. The number of hydrogen-bond donors (Lipinski definition) is 0. The summed E-state index contributed by atoms with van der Waals surface area (Å²) in [5.74, 6) is -1.05. The molecule has 37 heavy (non-hydrogen) atoms. The summed E-state index contributed by atoms with van der Waals surface area (Å²) in [7, 11) is 0. The molecular formula is C27H16F3N3O4. The Labute approximate surface area is 207 Å². The molecule has 3 aromatic carbocycles. The average Bonchev–Trinajstić information content (AvgIpc) is 3.67. The number of alkyl halides is 3. The van der Waals surface area contributed by atoms with Crippen LogP contribution in [0.25, 0.3) is 22.4 Å². The van der Waals surface area contributed by atoms with E-state index >= 15 is 0 Å². The van der Waals surface area contributed by atoms with E-state index < -0.39 is 17.5 Å². The Morgan fingerprint density at radius 1 is 1.00 bits per heavy atom. The van der Waals surface area contributed by atoms with Crippen LogP contribution in [0.15, 0.2) is 81.9 Å². The monoisotopic (exact) mass is 503 g/mol. The molecule has 1 unspecified atom stereocenters. The fourth-order valence-electron chi connectivity index (χ4n) is 5.19. The highest BCUT2D eigenvalue weighted by Crippen LogP contribution is 2.53. The third-order valence-electron chi connectivity index (χ3n) is 6.94. The molecule has 5 aromatic rings. The fraction of sp³-hybridized carbons (Fsp3) is 0.148. The van der Waals surface area contributed by atoms with Crippen LogP contribution in [-0.4, -0.2) is 22.7 Å². The van der Waals surface area contributed by atoms with Gasteiger partial charge in [0.25, 0.3) is 0 Å². The van der Waals surface area contributed by atoms with Crippen molar-refractivity contribution in [2.45, 2.75) is 18.1 Å². The second kappa shape index (κ2) is 7.45. The summed E-state index contributed by atoms with van der Waals surface area (Å²) in [5.41, 5.74) is 3.32. The maximum absolute atomic E-state index is 14.1. The minimum absolute atomic E-state index is 0.104. The number of para-hydroxylation sites is 1. The van der Waals surface area contributed by atoms with Crippen molar-refractivity contribution in [3.05, 3.63) is 95.6 Å². The van der Waals surface area contributed by atoms with Crippen LogP contribution in [0.2, 0.25) is 0 Å². The number of rotatable bonds is 3. The highest BCUT2D eigenvalue weighted by molar-refractivity contribution is 6.12. The van der Waals surface area contributed by atoms with Crippen LogP contribution in [0.3, 0.4) is 0 Å². The van der Waals surface area contributed by atoms with Crippen LogP contribution in [-0.2, 0) is 22.9 Å². The van der Waals surface area contributed by atoms with Gasteiger partial charge in [-0.3, -0.25) is 4.79 Å². The van der Waals surface area contributed by atoms with E-state index in [4.69, 9.17) is 9.15 Å². The highest BCUT2D eigenvalue weighted by Gasteiger charge is 2.56. The van der Waals surface area contributed by atoms with E-state index in [0.717, 1.165) is 27.8 Å². The van der Waals surface area contributed by atoms with E-state index in [-0.39, 0.29) is 24.9 Å². The summed E-state index contributed by atoms with van der Waals surface area (Å²) in [6, 6.07) is 19.9. The molecule has 2 aliphatic rings. The Kier molecular flexibility index (Phi) is 4.36. The first kappa shape index (κ1) is 21.7. The number of hydrogen-bond acceptors (Lipinski definition) is 6. The van der Waals surface area contributed by atoms with Crippen LogP contribution >= 0.6 is 0 Å². The molecule has 4 heterocycles. The maximum atomic E-state index is 14.1. The van der Waals surface area contributed by atoms with Crippen molar-refractivity contribution in [3.63, 3.8) is 0 Å². The number of benzene rings is 3. The lowest BCUT2D eigenvalue weighted by atomic mass is 9.77. The van der Waals surface area contributed by atoms with Gasteiger partial charge in [-0.1, -0.05) is 47.6 Å². The van der Waals surface area contributed by atoms with Gasteiger partial charge < -0.3 is 18.6 Å². The summed E-state index contributed by atoms with van der Waals surface area (Å²) < 4.78 is 54.2. The van der Waals surface area contributed by atoms with Crippen molar-refractivity contribution in [1.29, 1.82) is 0 Å². The number of ether oxygens (including phenoxy) is 1. The normalized spacial score (nSPS) is 18.5. The molecule has 0 bridgehead atoms. The molecule has 2 aliphatic heterocycles. The minimum atomic E-state index is -4.71. The third-order valence-corrected chi connectivity index (χ3v) is 6.94. The Hall–Kier alpha value is -4.60. The Morgan fingerprint density at radius 3 is 2.59 bits per heavy atom. The molecule has 1 amide bonds. The van der Waals surface area contributed by atoms with Gasteiger partial charge in [-0.15, -0.1) is 0 Å². The third kappa shape index (κ3) is 3.11. The average molecular weight is 503 g/mol. The molecule has 1 atom stereocenters. The van der Waals surface area contributed by atoms with Gasteiger partial charge in [0.05, 0.1) is 12.8 Å². The standard InChI is InChI=1S/C27H16F3N3O4/c28-27(29,30)24-31-23(32-37-24)16-7-5-15(6-8-16)13-33-20-4-2-1-3-18(20)26(25(33)34)14-36-22-12-21-17(9-10-35-21)11-19(22)26/h1-12H,13-14H2. The molecule has 0 radical (unpaired) electrons. The van der Waals surface area contributed by atoms with Crippen molar-refractivity contribution < 1.29 is 31.6 Å². The molecule has 10 heteroatoms. The molecular weight excluding hydrogens is 487 g/mol. The highest BCUT2D eigenvalue weighted by atomic mass is 19.4. The van der Waals surface area contributed by atoms with E-state index in [1.807, 2.05) is 42.5 Å². The molecule has 0 aliphatic carbocycles. The topological polar surface area (TPSA) is 81.6 Å². The number of anilines is 1. The van der Waals surface area contributed by atoms with E-state index in [9.17, 15) is 18.0 Å². The summed E-state index contributed by atoms with van der Waals surface area (Å²) in [5, 5.41) is 4.31. The predicted molar refractivity (Wildman–Crippen MR) is 125 cm³/mol. The first-order valence-corrected chi connectivity index (χ1v) is 11.4. The van der Waals surface area contributed by atoms with Crippen LogP contribution in [0, 0.1) is 0 Å². The first-order valence-electron chi connectivity index (χ1n) is 11.4. The quantitative estimate of drug-likeness (QED) is 0.313. The number of fused-ring (bicyclic) bond motifs is 5. The lowest BCUT2D eigenvalue weighted by Gasteiger charge is -2.23. The number of carbonyl (C=O) groups is 1. The summed E-state index contributed by atoms with van der Waals surface area (Å²) in [6.45, 7) is 0.445. The minimum Gasteiger partial charge on any atom is -0.491 e. The Balaban J connectivity index is 1.23. The van der Waals surface area contributed by atoms with E-state index in [2.05, 4.69) is 14.7 Å². The number of halogens is 3. The number of carbonyl (C=O) groups excluding carboxylic acids is 1. The van der Waals surface area contributed by atoms with E-state index in [0.29, 0.717) is 16.9 Å². The molecule has 2 aromatic heterocycles. The van der Waals surface area contributed by atoms with Gasteiger partial charge in [-0.2, -0.15) is 18.2 Å². The Morgan fingerprint density at radius 2 is 1.81 bits per heavy atom. The summed E-state index contributed by atoms with van der Waals surface area (Å²) in [6.07, 6.45) is -3.11. The summed E-state index contributed by atoms with van der Waals surface area (Å²) in [4.78, 5) is 19.2. The van der Waals surface area contributed by atoms with Crippen LogP contribution < -0.4 is 9.64 Å². The zero-order chi connectivity index (χ0) is 25.4.